The number of hydrogen-bond acceptors (Lipinski definition) is 3. The molecule has 0 aromatic carbocycles. The highest BCUT2D eigenvalue weighted by atomic mass is 16.5. The lowest BCUT2D eigenvalue weighted by Gasteiger charge is -2.41. The van der Waals surface area contributed by atoms with Crippen LogP contribution >= 0.6 is 0 Å². The summed E-state index contributed by atoms with van der Waals surface area (Å²) in [5, 5.41) is 3.15. The molecular weight excluding hydrogens is 264 g/mol. The average molecular weight is 294 g/mol. The Labute approximate surface area is 128 Å². The van der Waals surface area contributed by atoms with Gasteiger partial charge in [0.05, 0.1) is 12.7 Å². The number of nitrogens with zero attached hydrogens (tertiary/aromatic N) is 1. The van der Waals surface area contributed by atoms with Crippen molar-refractivity contribution in [1.82, 2.24) is 10.2 Å². The zero-order valence-electron chi connectivity index (χ0n) is 13.4. The molecule has 0 aromatic rings. The van der Waals surface area contributed by atoms with Crippen LogP contribution in [-0.2, 0) is 9.53 Å². The van der Waals surface area contributed by atoms with Crippen molar-refractivity contribution in [1.29, 1.82) is 0 Å². The Morgan fingerprint density at radius 1 is 1.19 bits per heavy atom. The molecule has 4 unspecified atom stereocenters. The molecule has 1 aliphatic heterocycles. The molecule has 1 heterocycles. The van der Waals surface area contributed by atoms with Crippen LogP contribution in [0.2, 0.25) is 0 Å². The largest absolute Gasteiger partial charge is 0.373 e. The topological polar surface area (TPSA) is 41.6 Å². The van der Waals surface area contributed by atoms with Gasteiger partial charge in [0, 0.05) is 25.6 Å². The molecule has 0 bridgehead atoms. The lowest BCUT2D eigenvalue weighted by Crippen LogP contribution is -2.51. The predicted octanol–water partition coefficient (Wildman–Crippen LogP) is 2.04. The first kappa shape index (κ1) is 15.3. The molecule has 120 valence electrons. The Balaban J connectivity index is 1.55. The number of hydrogen-bond donors (Lipinski definition) is 1. The van der Waals surface area contributed by atoms with Crippen molar-refractivity contribution in [2.75, 3.05) is 33.3 Å². The summed E-state index contributed by atoms with van der Waals surface area (Å²) in [5.41, 5.74) is 0. The molecule has 0 radical (unpaired) electrons. The summed E-state index contributed by atoms with van der Waals surface area (Å²) in [6.45, 7) is 3.07. The summed E-state index contributed by atoms with van der Waals surface area (Å²) < 4.78 is 5.72. The van der Waals surface area contributed by atoms with Gasteiger partial charge in [0.1, 0.15) is 0 Å². The Morgan fingerprint density at radius 2 is 2.00 bits per heavy atom. The Bertz CT molecular complexity index is 359. The molecule has 1 saturated heterocycles. The van der Waals surface area contributed by atoms with Crippen molar-refractivity contribution in [3.63, 3.8) is 0 Å². The normalized spacial score (nSPS) is 37.1. The standard InChI is InChI=1S/C17H30N2O2/c1-18-11-16-12-19(8-9-21-16)17(20)15-7-6-13-4-2-3-5-14(13)10-15/h13-16,18H,2-12H2,1H3. The number of morpholine rings is 1. The molecule has 0 aromatic heterocycles. The zero-order chi connectivity index (χ0) is 14.7. The van der Waals surface area contributed by atoms with Crippen molar-refractivity contribution in [2.45, 2.75) is 51.0 Å². The maximum atomic E-state index is 12.8. The van der Waals surface area contributed by atoms with E-state index in [4.69, 9.17) is 4.74 Å². The average Bonchev–Trinajstić information content (AvgIpc) is 2.54. The quantitative estimate of drug-likeness (QED) is 0.866. The molecule has 3 fully saturated rings. The summed E-state index contributed by atoms with van der Waals surface area (Å²) >= 11 is 0. The molecular formula is C17H30N2O2. The van der Waals surface area contributed by atoms with E-state index in [1.807, 2.05) is 7.05 Å². The first-order valence-corrected chi connectivity index (χ1v) is 8.83. The van der Waals surface area contributed by atoms with Crippen molar-refractivity contribution in [3.8, 4) is 0 Å². The van der Waals surface area contributed by atoms with Gasteiger partial charge in [0.25, 0.3) is 0 Å². The van der Waals surface area contributed by atoms with E-state index < -0.39 is 0 Å². The number of rotatable bonds is 3. The second-order valence-electron chi connectivity index (χ2n) is 7.15. The lowest BCUT2D eigenvalue weighted by molar-refractivity contribution is -0.145. The van der Waals surface area contributed by atoms with E-state index in [1.54, 1.807) is 0 Å². The molecule has 4 nitrogen and oxygen atoms in total. The van der Waals surface area contributed by atoms with Gasteiger partial charge in [0.2, 0.25) is 5.91 Å². The fraction of sp³-hybridized carbons (Fsp3) is 0.941. The number of carbonyl (C=O) groups is 1. The van der Waals surface area contributed by atoms with Crippen LogP contribution in [0.3, 0.4) is 0 Å². The SMILES string of the molecule is CNCC1CN(C(=O)C2CCC3CCCCC3C2)CCO1. The maximum absolute atomic E-state index is 12.8. The number of nitrogens with one attached hydrogen (secondary N) is 1. The number of amides is 1. The van der Waals surface area contributed by atoms with E-state index in [9.17, 15) is 4.79 Å². The molecule has 1 N–H and O–H groups in total. The van der Waals surface area contributed by atoms with Crippen molar-refractivity contribution >= 4 is 5.91 Å². The maximum Gasteiger partial charge on any atom is 0.225 e. The molecule has 1 amide bonds. The van der Waals surface area contributed by atoms with Gasteiger partial charge in [-0.2, -0.15) is 0 Å². The minimum Gasteiger partial charge on any atom is -0.373 e. The Kier molecular flexibility index (Phi) is 5.17. The third kappa shape index (κ3) is 3.59. The molecule has 4 atom stereocenters. The van der Waals surface area contributed by atoms with Crippen LogP contribution in [0.4, 0.5) is 0 Å². The molecule has 2 saturated carbocycles. The van der Waals surface area contributed by atoms with Crippen LogP contribution < -0.4 is 5.32 Å². The second kappa shape index (κ2) is 7.10. The Morgan fingerprint density at radius 3 is 2.81 bits per heavy atom. The molecule has 3 rings (SSSR count). The smallest absolute Gasteiger partial charge is 0.225 e. The van der Waals surface area contributed by atoms with Crippen LogP contribution in [0.1, 0.15) is 44.9 Å². The summed E-state index contributed by atoms with van der Waals surface area (Å²) in [6, 6.07) is 0. The van der Waals surface area contributed by atoms with Gasteiger partial charge in [-0.15, -0.1) is 0 Å². The fourth-order valence-corrected chi connectivity index (χ4v) is 4.63. The van der Waals surface area contributed by atoms with Gasteiger partial charge in [0.15, 0.2) is 0 Å². The van der Waals surface area contributed by atoms with Gasteiger partial charge in [-0.1, -0.05) is 25.7 Å². The second-order valence-corrected chi connectivity index (χ2v) is 7.15. The molecule has 21 heavy (non-hydrogen) atoms. The molecule has 4 heteroatoms. The fourth-order valence-electron chi connectivity index (χ4n) is 4.63. The van der Waals surface area contributed by atoms with Gasteiger partial charge in [-0.25, -0.2) is 0 Å². The van der Waals surface area contributed by atoms with Crippen LogP contribution in [0.25, 0.3) is 0 Å². The van der Waals surface area contributed by atoms with Crippen LogP contribution in [0.5, 0.6) is 0 Å². The zero-order valence-corrected chi connectivity index (χ0v) is 13.4. The summed E-state index contributed by atoms with van der Waals surface area (Å²) in [6.07, 6.45) is 9.28. The van der Waals surface area contributed by atoms with E-state index in [0.29, 0.717) is 12.5 Å². The minimum absolute atomic E-state index is 0.165. The summed E-state index contributed by atoms with van der Waals surface area (Å²) in [7, 11) is 1.94. The monoisotopic (exact) mass is 294 g/mol. The minimum atomic E-state index is 0.165. The van der Waals surface area contributed by atoms with Crippen LogP contribution in [0, 0.1) is 17.8 Å². The number of likely N-dealkylation sites (N-methyl/N-ethyl adjacent to an activating group) is 1. The molecule has 0 spiro atoms. The third-order valence-corrected chi connectivity index (χ3v) is 5.77. The van der Waals surface area contributed by atoms with Gasteiger partial charge >= 0.3 is 0 Å². The Hall–Kier alpha value is -0.610. The first-order valence-electron chi connectivity index (χ1n) is 8.83. The van der Waals surface area contributed by atoms with Crippen molar-refractivity contribution < 1.29 is 9.53 Å². The highest BCUT2D eigenvalue weighted by Gasteiger charge is 2.37. The van der Waals surface area contributed by atoms with E-state index in [1.165, 1.54) is 32.1 Å². The summed E-state index contributed by atoms with van der Waals surface area (Å²) in [5.74, 6) is 2.45. The van der Waals surface area contributed by atoms with E-state index in [-0.39, 0.29) is 12.0 Å². The third-order valence-electron chi connectivity index (χ3n) is 5.77. The highest BCUT2D eigenvalue weighted by molar-refractivity contribution is 5.79. The van der Waals surface area contributed by atoms with Crippen LogP contribution in [0.15, 0.2) is 0 Å². The van der Waals surface area contributed by atoms with E-state index in [0.717, 1.165) is 44.3 Å². The molecule has 3 aliphatic rings. The highest BCUT2D eigenvalue weighted by Crippen LogP contribution is 2.43. The van der Waals surface area contributed by atoms with Gasteiger partial charge in [-0.05, 0) is 38.1 Å². The van der Waals surface area contributed by atoms with E-state index >= 15 is 0 Å². The molecule has 2 aliphatic carbocycles. The van der Waals surface area contributed by atoms with E-state index in [2.05, 4.69) is 10.2 Å². The van der Waals surface area contributed by atoms with Gasteiger partial charge < -0.3 is 15.0 Å². The number of ether oxygens (including phenoxy) is 1. The lowest BCUT2D eigenvalue weighted by atomic mass is 9.67. The number of carbonyl (C=O) groups excluding carboxylic acids is 1. The predicted molar refractivity (Wildman–Crippen MR) is 83.0 cm³/mol. The van der Waals surface area contributed by atoms with Crippen LogP contribution in [-0.4, -0.2) is 50.2 Å². The van der Waals surface area contributed by atoms with Crippen molar-refractivity contribution in [3.05, 3.63) is 0 Å². The summed E-state index contributed by atoms with van der Waals surface area (Å²) in [4.78, 5) is 14.9. The first-order chi connectivity index (χ1) is 10.3. The van der Waals surface area contributed by atoms with Gasteiger partial charge in [-0.3, -0.25) is 4.79 Å². The van der Waals surface area contributed by atoms with Crippen molar-refractivity contribution in [2.24, 2.45) is 17.8 Å². The number of fused-ring (bicyclic) bond motifs is 1.